The Morgan fingerprint density at radius 1 is 1.14 bits per heavy atom. The zero-order valence-electron chi connectivity index (χ0n) is 15.6. The van der Waals surface area contributed by atoms with Crippen LogP contribution in [0.25, 0.3) is 0 Å². The van der Waals surface area contributed by atoms with Gasteiger partial charge in [-0.3, -0.25) is 24.6 Å². The summed E-state index contributed by atoms with van der Waals surface area (Å²) in [5.41, 5.74) is 0.200. The second-order valence-electron chi connectivity index (χ2n) is 6.15. The summed E-state index contributed by atoms with van der Waals surface area (Å²) in [6, 6.07) is 6.45. The first-order valence-corrected chi connectivity index (χ1v) is 8.58. The first-order chi connectivity index (χ1) is 13.8. The third-order valence-electron chi connectivity index (χ3n) is 4.22. The lowest BCUT2D eigenvalue weighted by Crippen LogP contribution is -2.43. The van der Waals surface area contributed by atoms with Gasteiger partial charge in [0, 0.05) is 7.05 Å². The third kappa shape index (κ3) is 4.00. The number of nitrogens with zero attached hydrogens (tertiary/aromatic N) is 1. The van der Waals surface area contributed by atoms with E-state index in [1.54, 1.807) is 12.1 Å². The van der Waals surface area contributed by atoms with Crippen LogP contribution >= 0.6 is 0 Å². The minimum Gasteiger partial charge on any atom is -0.467 e. The summed E-state index contributed by atoms with van der Waals surface area (Å²) in [5.74, 6) is -2.32. The Kier molecular flexibility index (Phi) is 5.44. The topological polar surface area (TPSA) is 135 Å². The molecule has 5 amide bonds. The van der Waals surface area contributed by atoms with Gasteiger partial charge in [0.2, 0.25) is 0 Å². The number of amides is 5. The van der Waals surface area contributed by atoms with Crippen molar-refractivity contribution in [2.45, 2.75) is 19.6 Å². The zero-order valence-corrected chi connectivity index (χ0v) is 15.6. The molecule has 1 aromatic carbocycles. The van der Waals surface area contributed by atoms with Crippen LogP contribution < -0.4 is 10.6 Å². The molecule has 0 radical (unpaired) electrons. The normalized spacial score (nSPS) is 13.7. The van der Waals surface area contributed by atoms with Crippen LogP contribution in [0, 0.1) is 0 Å². The van der Waals surface area contributed by atoms with Crippen molar-refractivity contribution in [1.82, 2.24) is 15.5 Å². The number of fused-ring (bicyclic) bond motifs is 1. The number of esters is 1. The van der Waals surface area contributed by atoms with E-state index in [1.165, 1.54) is 38.4 Å². The van der Waals surface area contributed by atoms with E-state index < -0.39 is 35.8 Å². The number of urea groups is 1. The Hall–Kier alpha value is -3.95. The first-order valence-electron chi connectivity index (χ1n) is 8.58. The van der Waals surface area contributed by atoms with Crippen LogP contribution in [0.2, 0.25) is 0 Å². The van der Waals surface area contributed by atoms with Gasteiger partial charge >= 0.3 is 12.0 Å². The second-order valence-corrected chi connectivity index (χ2v) is 6.15. The minimum atomic E-state index is -1.25. The molecular formula is C19H17N3O7. The van der Waals surface area contributed by atoms with Crippen molar-refractivity contribution >= 4 is 29.7 Å². The molecule has 10 heteroatoms. The van der Waals surface area contributed by atoms with Crippen LogP contribution in [0.4, 0.5) is 4.79 Å². The molecular weight excluding hydrogens is 382 g/mol. The summed E-state index contributed by atoms with van der Waals surface area (Å²) in [5, 5.41) is 4.19. The maximum atomic E-state index is 12.6. The van der Waals surface area contributed by atoms with Gasteiger partial charge in [-0.1, -0.05) is 0 Å². The lowest BCUT2D eigenvalue weighted by Gasteiger charge is -2.13. The molecule has 1 aliphatic heterocycles. The van der Waals surface area contributed by atoms with Crippen LogP contribution in [0.5, 0.6) is 0 Å². The Morgan fingerprint density at radius 3 is 2.52 bits per heavy atom. The molecule has 10 nitrogen and oxygen atoms in total. The van der Waals surface area contributed by atoms with E-state index in [-0.39, 0.29) is 23.2 Å². The monoisotopic (exact) mass is 399 g/mol. The maximum Gasteiger partial charge on any atom is 0.338 e. The molecule has 0 bridgehead atoms. The standard InChI is InChI=1S/C19H17N3O7/c1-10(15(23)21-19(27)20-2)29-18(26)11-5-6-13-14(8-11)17(25)22(16(13)24)9-12-4-3-7-28-12/h3-8,10H,9H2,1-2H3,(H2,20,21,23,27)/t10-/m1/s1. The molecule has 29 heavy (non-hydrogen) atoms. The van der Waals surface area contributed by atoms with Crippen molar-refractivity contribution < 1.29 is 33.1 Å². The fourth-order valence-corrected chi connectivity index (χ4v) is 2.68. The average Bonchev–Trinajstić information content (AvgIpc) is 3.30. The molecule has 1 aliphatic rings. The number of benzene rings is 1. The molecule has 2 aromatic rings. The second kappa shape index (κ2) is 7.97. The molecule has 3 rings (SSSR count). The highest BCUT2D eigenvalue weighted by atomic mass is 16.5. The molecule has 0 spiro atoms. The van der Waals surface area contributed by atoms with Gasteiger partial charge in [0.15, 0.2) is 6.10 Å². The van der Waals surface area contributed by atoms with E-state index in [0.717, 1.165) is 4.90 Å². The summed E-state index contributed by atoms with van der Waals surface area (Å²) < 4.78 is 10.2. The highest BCUT2D eigenvalue weighted by Crippen LogP contribution is 2.26. The van der Waals surface area contributed by atoms with Crippen molar-refractivity contribution in [3.05, 3.63) is 59.0 Å². The number of rotatable bonds is 5. The summed E-state index contributed by atoms with van der Waals surface area (Å²) in [6.45, 7) is 1.26. The molecule has 0 saturated carbocycles. The van der Waals surface area contributed by atoms with Gasteiger partial charge in [-0.15, -0.1) is 0 Å². The molecule has 0 saturated heterocycles. The number of carbonyl (C=O) groups excluding carboxylic acids is 5. The first kappa shape index (κ1) is 19.8. The summed E-state index contributed by atoms with van der Waals surface area (Å²) in [4.78, 5) is 61.3. The Balaban J connectivity index is 1.73. The zero-order chi connectivity index (χ0) is 21.1. The minimum absolute atomic E-state index is 0.00987. The Labute approximate surface area is 164 Å². The van der Waals surface area contributed by atoms with Crippen molar-refractivity contribution in [3.8, 4) is 0 Å². The molecule has 0 unspecified atom stereocenters. The predicted octanol–water partition coefficient (Wildman–Crippen LogP) is 1.08. The molecule has 150 valence electrons. The number of carbonyl (C=O) groups is 5. The van der Waals surface area contributed by atoms with E-state index in [2.05, 4.69) is 5.32 Å². The van der Waals surface area contributed by atoms with E-state index >= 15 is 0 Å². The SMILES string of the molecule is CNC(=O)NC(=O)[C@@H](C)OC(=O)c1ccc2c(c1)C(=O)N(Cc1ccco1)C2=O. The quantitative estimate of drug-likeness (QED) is 0.567. The average molecular weight is 399 g/mol. The lowest BCUT2D eigenvalue weighted by atomic mass is 10.1. The van der Waals surface area contributed by atoms with Gasteiger partial charge < -0.3 is 14.5 Å². The summed E-state index contributed by atoms with van der Waals surface area (Å²) in [7, 11) is 1.33. The van der Waals surface area contributed by atoms with Gasteiger partial charge in [-0.25, -0.2) is 9.59 Å². The number of nitrogens with one attached hydrogen (secondary N) is 2. The maximum absolute atomic E-state index is 12.6. The van der Waals surface area contributed by atoms with Crippen molar-refractivity contribution in [2.24, 2.45) is 0 Å². The number of furan rings is 1. The highest BCUT2D eigenvalue weighted by Gasteiger charge is 2.36. The van der Waals surface area contributed by atoms with Crippen LogP contribution in [-0.2, 0) is 16.1 Å². The fourth-order valence-electron chi connectivity index (χ4n) is 2.68. The van der Waals surface area contributed by atoms with Crippen LogP contribution in [0.3, 0.4) is 0 Å². The molecule has 1 aromatic heterocycles. The van der Waals surface area contributed by atoms with Gasteiger partial charge in [0.1, 0.15) is 5.76 Å². The molecule has 2 N–H and O–H groups in total. The summed E-state index contributed by atoms with van der Waals surface area (Å²) >= 11 is 0. The number of ether oxygens (including phenoxy) is 1. The summed E-state index contributed by atoms with van der Waals surface area (Å²) in [6.07, 6.45) is 0.184. The van der Waals surface area contributed by atoms with Crippen LogP contribution in [0.1, 0.15) is 43.8 Å². The largest absolute Gasteiger partial charge is 0.467 e. The molecule has 1 atom stereocenters. The fraction of sp³-hybridized carbons (Fsp3) is 0.211. The van der Waals surface area contributed by atoms with Crippen molar-refractivity contribution in [2.75, 3.05) is 7.05 Å². The van der Waals surface area contributed by atoms with Gasteiger partial charge in [0.05, 0.1) is 29.5 Å². The number of hydrogen-bond acceptors (Lipinski definition) is 7. The molecule has 2 heterocycles. The van der Waals surface area contributed by atoms with Gasteiger partial charge in [-0.05, 0) is 37.3 Å². The number of hydrogen-bond donors (Lipinski definition) is 2. The Morgan fingerprint density at radius 2 is 1.86 bits per heavy atom. The van der Waals surface area contributed by atoms with Crippen molar-refractivity contribution in [3.63, 3.8) is 0 Å². The van der Waals surface area contributed by atoms with E-state index in [1.807, 2.05) is 5.32 Å². The van der Waals surface area contributed by atoms with Crippen LogP contribution in [-0.4, -0.2) is 47.8 Å². The van der Waals surface area contributed by atoms with E-state index in [9.17, 15) is 24.0 Å². The van der Waals surface area contributed by atoms with E-state index in [4.69, 9.17) is 9.15 Å². The molecule has 0 fully saturated rings. The Bertz CT molecular complexity index is 997. The molecule has 0 aliphatic carbocycles. The van der Waals surface area contributed by atoms with Crippen molar-refractivity contribution in [1.29, 1.82) is 0 Å². The lowest BCUT2D eigenvalue weighted by molar-refractivity contribution is -0.127. The third-order valence-corrected chi connectivity index (χ3v) is 4.22. The predicted molar refractivity (Wildman–Crippen MR) is 96.8 cm³/mol. The number of imide groups is 2. The highest BCUT2D eigenvalue weighted by molar-refractivity contribution is 6.21. The van der Waals surface area contributed by atoms with Gasteiger partial charge in [-0.2, -0.15) is 0 Å². The van der Waals surface area contributed by atoms with Gasteiger partial charge in [0.25, 0.3) is 17.7 Å². The van der Waals surface area contributed by atoms with E-state index in [0.29, 0.717) is 5.76 Å². The van der Waals surface area contributed by atoms with Crippen LogP contribution in [0.15, 0.2) is 41.0 Å². The smallest absolute Gasteiger partial charge is 0.338 e.